The number of ether oxygens (including phenoxy) is 6. The van der Waals surface area contributed by atoms with Crippen LogP contribution in [0.3, 0.4) is 0 Å². The van der Waals surface area contributed by atoms with Crippen molar-refractivity contribution in [1.82, 2.24) is 0 Å². The van der Waals surface area contributed by atoms with Crippen LogP contribution in [0.1, 0.15) is 287 Å². The van der Waals surface area contributed by atoms with Crippen molar-refractivity contribution in [1.29, 1.82) is 0 Å². The molecule has 412 valence electrons. The molecule has 0 aliphatic carbocycles. The summed E-state index contributed by atoms with van der Waals surface area (Å²) in [6.07, 6.45) is 33.4. The van der Waals surface area contributed by atoms with Gasteiger partial charge in [0, 0.05) is 43.9 Å². The first-order valence-corrected chi connectivity index (χ1v) is 28.7. The molecule has 0 amide bonds. The fraction of sp³-hybridized carbons (Fsp3) is 0.897. The van der Waals surface area contributed by atoms with Gasteiger partial charge in [0.05, 0.1) is 13.2 Å². The highest BCUT2D eigenvalue weighted by Gasteiger charge is 2.38. The Bertz CT molecular complexity index is 1120. The quantitative estimate of drug-likeness (QED) is 0.0323. The Hall–Kier alpha value is -3.18. The number of rotatable bonds is 48. The highest BCUT2D eigenvalue weighted by Crippen LogP contribution is 2.24. The molecule has 70 heavy (non-hydrogen) atoms. The summed E-state index contributed by atoms with van der Waals surface area (Å²) in [5.41, 5.74) is -1.51. The first-order valence-electron chi connectivity index (χ1n) is 28.7. The molecule has 0 fully saturated rings. The molecule has 0 heterocycles. The standard InChI is InChI=1S/C37H68O8.C21H40O4/c1-5-9-13-17-21-25-33(38)42-29-37(30-43-34(39)26-22-18-14-10-6-2,31-44-35(40)27-23-19-15-11-7-3)32-45-36(41)28-24-20-16-12-8-4;1-5-7-9-11-13-15-19(22)24-17-21(3,4)18-25-20(23)16-14-12-10-8-6-2/h5-32H2,1-4H3;5-18H2,1-4H3. The molecule has 12 nitrogen and oxygen atoms in total. The van der Waals surface area contributed by atoms with Crippen molar-refractivity contribution in [3.8, 4) is 0 Å². The van der Waals surface area contributed by atoms with Gasteiger partial charge in [-0.25, -0.2) is 0 Å². The van der Waals surface area contributed by atoms with Crippen LogP contribution < -0.4 is 0 Å². The number of unbranched alkanes of at least 4 members (excludes halogenated alkanes) is 24. The van der Waals surface area contributed by atoms with E-state index in [1.54, 1.807) is 0 Å². The van der Waals surface area contributed by atoms with Crippen LogP contribution in [-0.4, -0.2) is 75.5 Å². The Balaban J connectivity index is 0. The Morgan fingerprint density at radius 3 is 0.571 bits per heavy atom. The van der Waals surface area contributed by atoms with Gasteiger partial charge in [0.1, 0.15) is 31.8 Å². The molecule has 0 saturated heterocycles. The Morgan fingerprint density at radius 2 is 0.400 bits per heavy atom. The highest BCUT2D eigenvalue weighted by molar-refractivity contribution is 5.71. The smallest absolute Gasteiger partial charge is 0.305 e. The summed E-state index contributed by atoms with van der Waals surface area (Å²) < 4.78 is 33.4. The van der Waals surface area contributed by atoms with Crippen LogP contribution in [0.5, 0.6) is 0 Å². The van der Waals surface area contributed by atoms with Gasteiger partial charge in [0.25, 0.3) is 0 Å². The van der Waals surface area contributed by atoms with Gasteiger partial charge in [-0.1, -0.05) is 209 Å². The second-order valence-electron chi connectivity index (χ2n) is 20.6. The number of carbonyl (C=O) groups is 6. The molecule has 0 spiro atoms. The monoisotopic (exact) mass is 997 g/mol. The third-order valence-corrected chi connectivity index (χ3v) is 12.3. The molecule has 0 radical (unpaired) electrons. The highest BCUT2D eigenvalue weighted by atomic mass is 16.6. The van der Waals surface area contributed by atoms with Gasteiger partial charge >= 0.3 is 35.8 Å². The second kappa shape index (κ2) is 49.4. The first-order chi connectivity index (χ1) is 33.7. The molecule has 0 aromatic rings. The largest absolute Gasteiger partial charge is 0.465 e. The Labute approximate surface area is 428 Å². The fourth-order valence-electron chi connectivity index (χ4n) is 7.45. The average molecular weight is 997 g/mol. The lowest BCUT2D eigenvalue weighted by Gasteiger charge is -2.31. The van der Waals surface area contributed by atoms with Gasteiger partial charge in [-0.15, -0.1) is 0 Å². The van der Waals surface area contributed by atoms with Gasteiger partial charge in [-0.3, -0.25) is 28.8 Å². The summed E-state index contributed by atoms with van der Waals surface area (Å²) in [5, 5.41) is 0. The molecule has 0 aliphatic heterocycles. The molecule has 0 aromatic heterocycles. The van der Waals surface area contributed by atoms with Crippen LogP contribution in [0, 0.1) is 10.8 Å². The van der Waals surface area contributed by atoms with E-state index < -0.39 is 5.41 Å². The molecule has 0 aliphatic rings. The van der Waals surface area contributed by atoms with Crippen LogP contribution in [0.4, 0.5) is 0 Å². The van der Waals surface area contributed by atoms with E-state index in [4.69, 9.17) is 28.4 Å². The topological polar surface area (TPSA) is 158 Å². The fourth-order valence-corrected chi connectivity index (χ4v) is 7.45. The van der Waals surface area contributed by atoms with Crippen LogP contribution in [0.15, 0.2) is 0 Å². The zero-order valence-corrected chi connectivity index (χ0v) is 46.6. The maximum Gasteiger partial charge on any atom is 0.305 e. The first kappa shape index (κ1) is 68.9. The van der Waals surface area contributed by atoms with Gasteiger partial charge in [-0.2, -0.15) is 0 Å². The number of hydrogen-bond acceptors (Lipinski definition) is 12. The SMILES string of the molecule is CCCCCCCC(=O)OCC(C)(C)COC(=O)CCCCCCC.CCCCCCCC(=O)OCC(COC(=O)CCCCCCC)(COC(=O)CCCCCCC)COC(=O)CCCCCCC. The van der Waals surface area contributed by atoms with Crippen LogP contribution >= 0.6 is 0 Å². The summed E-state index contributed by atoms with van der Waals surface area (Å²) in [6.45, 7) is 16.8. The van der Waals surface area contributed by atoms with E-state index in [1.807, 2.05) is 13.8 Å². The predicted molar refractivity (Wildman–Crippen MR) is 282 cm³/mol. The molecule has 0 unspecified atom stereocenters. The third-order valence-electron chi connectivity index (χ3n) is 12.3. The Kier molecular flexibility index (Phi) is 48.6. The summed E-state index contributed by atoms with van der Waals surface area (Å²) in [4.78, 5) is 74.2. The number of esters is 6. The minimum atomic E-state index is -1.18. The van der Waals surface area contributed by atoms with Gasteiger partial charge in [0.2, 0.25) is 0 Å². The lowest BCUT2D eigenvalue weighted by atomic mass is 9.92. The number of carbonyl (C=O) groups excluding carboxylic acids is 6. The van der Waals surface area contributed by atoms with E-state index >= 15 is 0 Å². The van der Waals surface area contributed by atoms with Gasteiger partial charge < -0.3 is 28.4 Å². The van der Waals surface area contributed by atoms with Crippen molar-refractivity contribution in [2.45, 2.75) is 287 Å². The summed E-state index contributed by atoms with van der Waals surface area (Å²) in [5.74, 6) is -1.73. The van der Waals surface area contributed by atoms with E-state index in [-0.39, 0.29) is 93.3 Å². The molecule has 0 atom stereocenters. The lowest BCUT2D eigenvalue weighted by Crippen LogP contribution is -2.44. The van der Waals surface area contributed by atoms with E-state index in [2.05, 4.69) is 41.5 Å². The van der Waals surface area contributed by atoms with Gasteiger partial charge in [0.15, 0.2) is 0 Å². The molecular formula is C58H108O12. The molecule has 12 heteroatoms. The lowest BCUT2D eigenvalue weighted by molar-refractivity contribution is -0.171. The summed E-state index contributed by atoms with van der Waals surface area (Å²) in [7, 11) is 0. The maximum atomic E-state index is 12.7. The van der Waals surface area contributed by atoms with E-state index in [0.717, 1.165) is 154 Å². The number of hydrogen-bond donors (Lipinski definition) is 0. The van der Waals surface area contributed by atoms with Crippen molar-refractivity contribution in [2.24, 2.45) is 10.8 Å². The van der Waals surface area contributed by atoms with E-state index in [9.17, 15) is 28.8 Å². The van der Waals surface area contributed by atoms with Crippen molar-refractivity contribution >= 4 is 35.8 Å². The second-order valence-corrected chi connectivity index (χ2v) is 20.6. The molecular weight excluding hydrogens is 889 g/mol. The molecule has 0 rings (SSSR count). The zero-order chi connectivity index (χ0) is 52.4. The zero-order valence-electron chi connectivity index (χ0n) is 46.6. The molecule has 0 saturated carbocycles. The van der Waals surface area contributed by atoms with Gasteiger partial charge in [-0.05, 0) is 38.5 Å². The van der Waals surface area contributed by atoms with E-state index in [1.165, 1.54) is 38.5 Å². The Morgan fingerprint density at radius 1 is 0.243 bits per heavy atom. The summed E-state index contributed by atoms with van der Waals surface area (Å²) >= 11 is 0. The molecule has 0 bridgehead atoms. The van der Waals surface area contributed by atoms with Crippen molar-refractivity contribution < 1.29 is 57.2 Å². The van der Waals surface area contributed by atoms with Crippen LogP contribution in [0.25, 0.3) is 0 Å². The maximum absolute atomic E-state index is 12.7. The van der Waals surface area contributed by atoms with Crippen molar-refractivity contribution in [2.75, 3.05) is 39.6 Å². The van der Waals surface area contributed by atoms with Crippen LogP contribution in [-0.2, 0) is 57.2 Å². The third kappa shape index (κ3) is 47.2. The predicted octanol–water partition coefficient (Wildman–Crippen LogP) is 15.4. The molecule has 0 N–H and O–H groups in total. The van der Waals surface area contributed by atoms with Crippen LogP contribution in [0.2, 0.25) is 0 Å². The minimum absolute atomic E-state index is 0.146. The minimum Gasteiger partial charge on any atom is -0.465 e. The van der Waals surface area contributed by atoms with E-state index in [0.29, 0.717) is 26.1 Å². The summed E-state index contributed by atoms with van der Waals surface area (Å²) in [6, 6.07) is 0. The molecule has 0 aromatic carbocycles. The average Bonchev–Trinajstić information content (AvgIpc) is 3.34. The van der Waals surface area contributed by atoms with Crippen molar-refractivity contribution in [3.63, 3.8) is 0 Å². The van der Waals surface area contributed by atoms with Crippen molar-refractivity contribution in [3.05, 3.63) is 0 Å². The normalized spacial score (nSPS) is 11.3.